The summed E-state index contributed by atoms with van der Waals surface area (Å²) in [4.78, 5) is 3.91. The van der Waals surface area contributed by atoms with E-state index in [0.29, 0.717) is 5.02 Å². The van der Waals surface area contributed by atoms with Gasteiger partial charge in [0.05, 0.1) is 10.7 Å². The zero-order valence-electron chi connectivity index (χ0n) is 9.37. The molecule has 0 heterocycles. The van der Waals surface area contributed by atoms with Crippen molar-refractivity contribution < 1.29 is 13.9 Å². The Bertz CT molecular complexity index is 659. The first-order chi connectivity index (χ1) is 8.97. The summed E-state index contributed by atoms with van der Waals surface area (Å²) in [5, 5.41) is 10.1. The first-order valence-electron chi connectivity index (χ1n) is 5.14. The van der Waals surface area contributed by atoms with Crippen LogP contribution in [0.25, 0.3) is 0 Å². The van der Waals surface area contributed by atoms with Crippen LogP contribution in [0.1, 0.15) is 5.56 Å². The van der Waals surface area contributed by atoms with Gasteiger partial charge in [0, 0.05) is 22.9 Å². The molecule has 0 aromatic heterocycles. The number of rotatable bonds is 2. The molecule has 1 N–H and O–H groups in total. The van der Waals surface area contributed by atoms with E-state index in [1.165, 1.54) is 24.4 Å². The average Bonchev–Trinajstić information content (AvgIpc) is 2.36. The highest BCUT2D eigenvalue weighted by Crippen LogP contribution is 2.30. The number of nitrogens with zero attached hydrogens (tertiary/aromatic N) is 1. The van der Waals surface area contributed by atoms with Gasteiger partial charge in [-0.1, -0.05) is 23.2 Å². The molecule has 0 aliphatic heterocycles. The van der Waals surface area contributed by atoms with Crippen LogP contribution in [-0.4, -0.2) is 11.3 Å². The maximum absolute atomic E-state index is 13.0. The molecule has 0 fully saturated rings. The summed E-state index contributed by atoms with van der Waals surface area (Å²) >= 11 is 11.5. The molecule has 2 aromatic carbocycles. The number of phenols is 1. The van der Waals surface area contributed by atoms with E-state index in [1.807, 2.05) is 0 Å². The standard InChI is InChI=1S/C13H7Cl2F2NO/c14-8-3-7(13(19)10(15)4-8)6-18-9-1-2-11(16)12(17)5-9/h1-6,19H. The lowest BCUT2D eigenvalue weighted by Gasteiger charge is -2.02. The fourth-order valence-electron chi connectivity index (χ4n) is 1.39. The molecule has 0 unspecified atom stereocenters. The van der Waals surface area contributed by atoms with E-state index in [1.54, 1.807) is 0 Å². The fourth-order valence-corrected chi connectivity index (χ4v) is 1.90. The molecule has 2 rings (SSSR count). The number of phenolic OH excluding ortho intramolecular Hbond substituents is 1. The van der Waals surface area contributed by atoms with Gasteiger partial charge >= 0.3 is 0 Å². The van der Waals surface area contributed by atoms with Crippen molar-refractivity contribution in [3.05, 3.63) is 57.6 Å². The van der Waals surface area contributed by atoms with Gasteiger partial charge in [-0.3, -0.25) is 4.99 Å². The highest BCUT2D eigenvalue weighted by atomic mass is 35.5. The molecule has 2 aromatic rings. The molecular weight excluding hydrogens is 295 g/mol. The van der Waals surface area contributed by atoms with Crippen molar-refractivity contribution in [3.63, 3.8) is 0 Å². The topological polar surface area (TPSA) is 32.6 Å². The van der Waals surface area contributed by atoms with Crippen LogP contribution in [0.5, 0.6) is 5.75 Å². The molecule has 0 saturated carbocycles. The second-order valence-electron chi connectivity index (χ2n) is 3.68. The summed E-state index contributed by atoms with van der Waals surface area (Å²) in [6.07, 6.45) is 1.26. The largest absolute Gasteiger partial charge is 0.506 e. The van der Waals surface area contributed by atoms with Gasteiger partial charge in [-0.2, -0.15) is 0 Å². The average molecular weight is 302 g/mol. The van der Waals surface area contributed by atoms with Crippen molar-refractivity contribution in [3.8, 4) is 5.75 Å². The summed E-state index contributed by atoms with van der Waals surface area (Å²) in [6, 6.07) is 6.04. The molecule has 0 radical (unpaired) electrons. The lowest BCUT2D eigenvalue weighted by atomic mass is 10.2. The van der Waals surface area contributed by atoms with E-state index in [-0.39, 0.29) is 22.0 Å². The highest BCUT2D eigenvalue weighted by Gasteiger charge is 2.06. The summed E-state index contributed by atoms with van der Waals surface area (Å²) in [5.41, 5.74) is 0.483. The predicted molar refractivity (Wildman–Crippen MR) is 71.7 cm³/mol. The Morgan fingerprint density at radius 1 is 1.05 bits per heavy atom. The lowest BCUT2D eigenvalue weighted by molar-refractivity contribution is 0.475. The molecule has 98 valence electrons. The molecule has 0 saturated heterocycles. The zero-order chi connectivity index (χ0) is 14.0. The predicted octanol–water partition coefficient (Wildman–Crippen LogP) is 4.73. The Labute approximate surface area is 117 Å². The third-order valence-corrected chi connectivity index (χ3v) is 2.82. The normalized spacial score (nSPS) is 11.2. The Morgan fingerprint density at radius 2 is 1.79 bits per heavy atom. The van der Waals surface area contributed by atoms with Gasteiger partial charge in [-0.25, -0.2) is 8.78 Å². The Kier molecular flexibility index (Phi) is 4.02. The molecule has 0 amide bonds. The van der Waals surface area contributed by atoms with Crippen molar-refractivity contribution >= 4 is 35.1 Å². The van der Waals surface area contributed by atoms with E-state index < -0.39 is 11.6 Å². The van der Waals surface area contributed by atoms with Crippen LogP contribution in [0.3, 0.4) is 0 Å². The highest BCUT2D eigenvalue weighted by molar-refractivity contribution is 6.36. The van der Waals surface area contributed by atoms with Gasteiger partial charge < -0.3 is 5.11 Å². The minimum atomic E-state index is -0.997. The SMILES string of the molecule is Oc1c(Cl)cc(Cl)cc1C=Nc1ccc(F)c(F)c1. The number of hydrogen-bond donors (Lipinski definition) is 1. The number of halogens is 4. The van der Waals surface area contributed by atoms with Crippen molar-refractivity contribution in [2.75, 3.05) is 0 Å². The fraction of sp³-hybridized carbons (Fsp3) is 0. The van der Waals surface area contributed by atoms with Crippen molar-refractivity contribution in [2.24, 2.45) is 4.99 Å². The van der Waals surface area contributed by atoms with E-state index in [2.05, 4.69) is 4.99 Å². The monoisotopic (exact) mass is 301 g/mol. The smallest absolute Gasteiger partial charge is 0.160 e. The minimum Gasteiger partial charge on any atom is -0.506 e. The summed E-state index contributed by atoms with van der Waals surface area (Å²) < 4.78 is 25.7. The van der Waals surface area contributed by atoms with Gasteiger partial charge in [0.2, 0.25) is 0 Å². The Morgan fingerprint density at radius 3 is 2.47 bits per heavy atom. The molecule has 19 heavy (non-hydrogen) atoms. The molecule has 0 bridgehead atoms. The summed E-state index contributed by atoms with van der Waals surface area (Å²) in [6.45, 7) is 0. The van der Waals surface area contributed by atoms with Crippen LogP contribution < -0.4 is 0 Å². The Hall–Kier alpha value is -1.65. The van der Waals surface area contributed by atoms with Gasteiger partial charge in [0.25, 0.3) is 0 Å². The molecule has 0 aliphatic carbocycles. The Balaban J connectivity index is 2.35. The molecule has 0 spiro atoms. The molecule has 0 aliphatic rings. The van der Waals surface area contributed by atoms with Gasteiger partial charge in [0.1, 0.15) is 5.75 Å². The molecule has 2 nitrogen and oxygen atoms in total. The third kappa shape index (κ3) is 3.22. The van der Waals surface area contributed by atoms with E-state index in [4.69, 9.17) is 23.2 Å². The number of aromatic hydroxyl groups is 1. The molecular formula is C13H7Cl2F2NO. The second-order valence-corrected chi connectivity index (χ2v) is 4.53. The van der Waals surface area contributed by atoms with Crippen LogP contribution >= 0.6 is 23.2 Å². The quantitative estimate of drug-likeness (QED) is 0.799. The van der Waals surface area contributed by atoms with Crippen molar-refractivity contribution in [2.45, 2.75) is 0 Å². The maximum Gasteiger partial charge on any atom is 0.160 e. The van der Waals surface area contributed by atoms with Crippen LogP contribution in [0, 0.1) is 11.6 Å². The minimum absolute atomic E-state index is 0.0826. The van der Waals surface area contributed by atoms with Crippen molar-refractivity contribution in [1.82, 2.24) is 0 Å². The van der Waals surface area contributed by atoms with Crippen LogP contribution in [0.4, 0.5) is 14.5 Å². The van der Waals surface area contributed by atoms with Crippen LogP contribution in [0.2, 0.25) is 10.0 Å². The van der Waals surface area contributed by atoms with E-state index >= 15 is 0 Å². The van der Waals surface area contributed by atoms with E-state index in [9.17, 15) is 13.9 Å². The third-order valence-electron chi connectivity index (χ3n) is 2.31. The van der Waals surface area contributed by atoms with Gasteiger partial charge in [0.15, 0.2) is 11.6 Å². The number of hydrogen-bond acceptors (Lipinski definition) is 2. The number of benzene rings is 2. The maximum atomic E-state index is 13.0. The second kappa shape index (κ2) is 5.55. The summed E-state index contributed by atoms with van der Waals surface area (Å²) in [7, 11) is 0. The van der Waals surface area contributed by atoms with E-state index in [0.717, 1.165) is 12.1 Å². The first kappa shape index (κ1) is 13.8. The van der Waals surface area contributed by atoms with Crippen LogP contribution in [0.15, 0.2) is 35.3 Å². The first-order valence-corrected chi connectivity index (χ1v) is 5.90. The van der Waals surface area contributed by atoms with Crippen molar-refractivity contribution in [1.29, 1.82) is 0 Å². The number of aliphatic imine (C=N–C) groups is 1. The zero-order valence-corrected chi connectivity index (χ0v) is 10.9. The molecule has 0 atom stereocenters. The van der Waals surface area contributed by atoms with Crippen LogP contribution in [-0.2, 0) is 0 Å². The molecule has 6 heteroatoms. The van der Waals surface area contributed by atoms with Gasteiger partial charge in [-0.05, 0) is 24.3 Å². The lowest BCUT2D eigenvalue weighted by Crippen LogP contribution is -1.85. The van der Waals surface area contributed by atoms with Gasteiger partial charge in [-0.15, -0.1) is 0 Å². The summed E-state index contributed by atoms with van der Waals surface area (Å²) in [5.74, 6) is -2.13.